The van der Waals surface area contributed by atoms with Crippen LogP contribution in [-0.2, 0) is 28.6 Å². The molecule has 0 saturated carbocycles. The SMILES string of the molecule is CC/C=C\C/C=C\C/C=C\C/C=C\C/C=C\C/C=C\C/C=C\C/C=C\CCCCC(=O)OCC(COC(=O)CCCCCCC/C=C\CCC)OC(=O)CCCCCCCCCCCCCCCCCC. The Hall–Kier alpha value is -3.93. The Labute approximate surface area is 438 Å². The highest BCUT2D eigenvalue weighted by Gasteiger charge is 2.19. The number of carbonyl (C=O) groups is 3. The molecule has 0 saturated heterocycles. The van der Waals surface area contributed by atoms with Crippen LogP contribution in [0.25, 0.3) is 0 Å². The number of carbonyl (C=O) groups excluding carboxylic acids is 3. The Morgan fingerprint density at radius 3 is 0.958 bits per heavy atom. The number of ether oxygens (including phenoxy) is 3. The molecule has 1 unspecified atom stereocenters. The fraction of sp³-hybridized carbons (Fsp3) is 0.677. The van der Waals surface area contributed by atoms with Gasteiger partial charge in [0.1, 0.15) is 13.2 Å². The minimum atomic E-state index is -0.799. The molecule has 0 radical (unpaired) electrons. The normalized spacial score (nSPS) is 12.9. The van der Waals surface area contributed by atoms with Crippen molar-refractivity contribution in [3.05, 3.63) is 109 Å². The second kappa shape index (κ2) is 58.6. The Balaban J connectivity index is 4.37. The van der Waals surface area contributed by atoms with Gasteiger partial charge in [0.25, 0.3) is 0 Å². The topological polar surface area (TPSA) is 78.9 Å². The maximum absolute atomic E-state index is 12.8. The molecule has 0 aromatic heterocycles. The van der Waals surface area contributed by atoms with Gasteiger partial charge in [0.15, 0.2) is 6.10 Å². The van der Waals surface area contributed by atoms with Crippen LogP contribution < -0.4 is 0 Å². The zero-order valence-corrected chi connectivity index (χ0v) is 46.2. The van der Waals surface area contributed by atoms with Gasteiger partial charge in [-0.1, -0.05) is 252 Å². The molecule has 0 fully saturated rings. The van der Waals surface area contributed by atoms with Crippen molar-refractivity contribution in [2.24, 2.45) is 0 Å². The molecule has 0 N–H and O–H groups in total. The van der Waals surface area contributed by atoms with E-state index in [9.17, 15) is 14.4 Å². The minimum absolute atomic E-state index is 0.0957. The standard InChI is InChI=1S/C65H108O6/c1-4-7-10-13-16-19-22-24-26-28-29-30-31-32-33-34-35-36-37-38-40-41-43-46-49-52-55-58-64(67)70-61-62(60-69-63(66)57-54-51-48-45-21-18-15-12-9-6-3)71-65(68)59-56-53-50-47-44-42-39-27-25-23-20-17-14-11-8-5-2/h7,10,12,15-16,19,24,26,29-30,32-33,35-36,38,40,43,46,62H,4-6,8-9,11,13-14,17-18,20-23,25,27-28,31,34,37,39,41-42,44-45,47-61H2,1-3H3/b10-7-,15-12-,19-16-,26-24-,30-29-,33-32-,36-35-,40-38-,46-43-. The van der Waals surface area contributed by atoms with Crippen molar-refractivity contribution < 1.29 is 28.6 Å². The summed E-state index contributed by atoms with van der Waals surface area (Å²) in [4.78, 5) is 38.1. The van der Waals surface area contributed by atoms with E-state index in [0.29, 0.717) is 19.3 Å². The van der Waals surface area contributed by atoms with Gasteiger partial charge in [-0.05, 0) is 103 Å². The van der Waals surface area contributed by atoms with E-state index in [2.05, 4.69) is 130 Å². The maximum atomic E-state index is 12.8. The van der Waals surface area contributed by atoms with Crippen molar-refractivity contribution in [3.8, 4) is 0 Å². The first kappa shape index (κ1) is 67.1. The molecule has 6 nitrogen and oxygen atoms in total. The van der Waals surface area contributed by atoms with Crippen LogP contribution in [-0.4, -0.2) is 37.2 Å². The van der Waals surface area contributed by atoms with Gasteiger partial charge in [0, 0.05) is 19.3 Å². The average molecular weight is 986 g/mol. The molecule has 0 aromatic carbocycles. The molecule has 0 bridgehead atoms. The van der Waals surface area contributed by atoms with Crippen LogP contribution in [0, 0.1) is 0 Å². The first-order valence-corrected chi connectivity index (χ1v) is 29.4. The summed E-state index contributed by atoms with van der Waals surface area (Å²) in [6.07, 6.45) is 79.5. The zero-order valence-electron chi connectivity index (χ0n) is 46.2. The molecule has 1 atom stereocenters. The molecule has 0 rings (SSSR count). The summed E-state index contributed by atoms with van der Waals surface area (Å²) in [6, 6.07) is 0. The summed E-state index contributed by atoms with van der Waals surface area (Å²) in [6.45, 7) is 6.43. The van der Waals surface area contributed by atoms with Crippen LogP contribution in [0.15, 0.2) is 109 Å². The highest BCUT2D eigenvalue weighted by atomic mass is 16.6. The lowest BCUT2D eigenvalue weighted by Crippen LogP contribution is -2.30. The Morgan fingerprint density at radius 1 is 0.296 bits per heavy atom. The van der Waals surface area contributed by atoms with Crippen LogP contribution in [0.4, 0.5) is 0 Å². The van der Waals surface area contributed by atoms with Crippen LogP contribution in [0.5, 0.6) is 0 Å². The molecular weight excluding hydrogens is 877 g/mol. The second-order valence-electron chi connectivity index (χ2n) is 19.2. The molecule has 404 valence electrons. The number of esters is 3. The van der Waals surface area contributed by atoms with E-state index in [4.69, 9.17) is 14.2 Å². The molecule has 0 aromatic rings. The van der Waals surface area contributed by atoms with E-state index >= 15 is 0 Å². The predicted octanol–water partition coefficient (Wildman–Crippen LogP) is 19.9. The fourth-order valence-electron chi connectivity index (χ4n) is 7.87. The number of allylic oxidation sites excluding steroid dienone is 18. The van der Waals surface area contributed by atoms with Gasteiger partial charge < -0.3 is 14.2 Å². The number of unbranched alkanes of at least 4 members (excludes halogenated alkanes) is 23. The molecule has 6 heteroatoms. The van der Waals surface area contributed by atoms with Gasteiger partial charge in [0.2, 0.25) is 0 Å². The summed E-state index contributed by atoms with van der Waals surface area (Å²) in [7, 11) is 0. The van der Waals surface area contributed by atoms with Gasteiger partial charge in [-0.15, -0.1) is 0 Å². The first-order valence-electron chi connectivity index (χ1n) is 29.4. The first-order chi connectivity index (χ1) is 35.0. The second-order valence-corrected chi connectivity index (χ2v) is 19.2. The third-order valence-corrected chi connectivity index (χ3v) is 12.2. The lowest BCUT2D eigenvalue weighted by Gasteiger charge is -2.18. The van der Waals surface area contributed by atoms with E-state index in [1.807, 2.05) is 0 Å². The van der Waals surface area contributed by atoms with Gasteiger partial charge >= 0.3 is 17.9 Å². The van der Waals surface area contributed by atoms with E-state index < -0.39 is 6.10 Å². The monoisotopic (exact) mass is 985 g/mol. The van der Waals surface area contributed by atoms with Gasteiger partial charge in [-0.2, -0.15) is 0 Å². The van der Waals surface area contributed by atoms with Crippen molar-refractivity contribution in [2.75, 3.05) is 13.2 Å². The largest absolute Gasteiger partial charge is 0.462 e. The highest BCUT2D eigenvalue weighted by molar-refractivity contribution is 5.71. The van der Waals surface area contributed by atoms with Crippen LogP contribution in [0.3, 0.4) is 0 Å². The van der Waals surface area contributed by atoms with Crippen LogP contribution in [0.2, 0.25) is 0 Å². The Morgan fingerprint density at radius 2 is 0.577 bits per heavy atom. The predicted molar refractivity (Wildman–Crippen MR) is 307 cm³/mol. The quantitative estimate of drug-likeness (QED) is 0.0261. The summed E-state index contributed by atoms with van der Waals surface area (Å²) in [5, 5.41) is 0. The Bertz CT molecular complexity index is 1460. The van der Waals surface area contributed by atoms with Crippen LogP contribution in [0.1, 0.15) is 265 Å². The minimum Gasteiger partial charge on any atom is -0.462 e. The molecule has 0 heterocycles. The van der Waals surface area contributed by atoms with E-state index in [1.54, 1.807) is 0 Å². The van der Waals surface area contributed by atoms with Gasteiger partial charge in [0.05, 0.1) is 0 Å². The van der Waals surface area contributed by atoms with Crippen molar-refractivity contribution in [1.29, 1.82) is 0 Å². The average Bonchev–Trinajstić information content (AvgIpc) is 3.37. The van der Waals surface area contributed by atoms with Crippen molar-refractivity contribution >= 4 is 17.9 Å². The third kappa shape index (κ3) is 56.9. The lowest BCUT2D eigenvalue weighted by molar-refractivity contribution is -0.167. The van der Waals surface area contributed by atoms with Crippen LogP contribution >= 0.6 is 0 Å². The Kier molecular flexibility index (Phi) is 55.4. The molecular formula is C65H108O6. The van der Waals surface area contributed by atoms with Gasteiger partial charge in [-0.25, -0.2) is 0 Å². The van der Waals surface area contributed by atoms with Gasteiger partial charge in [-0.3, -0.25) is 14.4 Å². The molecule has 0 amide bonds. The third-order valence-electron chi connectivity index (χ3n) is 12.2. The molecule has 0 aliphatic rings. The maximum Gasteiger partial charge on any atom is 0.306 e. The zero-order chi connectivity index (χ0) is 51.4. The summed E-state index contributed by atoms with van der Waals surface area (Å²) >= 11 is 0. The number of rotatable bonds is 52. The number of hydrogen-bond acceptors (Lipinski definition) is 6. The molecule has 0 aliphatic carbocycles. The number of hydrogen-bond donors (Lipinski definition) is 0. The van der Waals surface area contributed by atoms with Crippen molar-refractivity contribution in [2.45, 2.75) is 271 Å². The molecule has 0 spiro atoms. The highest BCUT2D eigenvalue weighted by Crippen LogP contribution is 2.15. The summed E-state index contributed by atoms with van der Waals surface area (Å²) in [5.74, 6) is -0.948. The fourth-order valence-corrected chi connectivity index (χ4v) is 7.87. The van der Waals surface area contributed by atoms with E-state index in [-0.39, 0.29) is 31.1 Å². The summed E-state index contributed by atoms with van der Waals surface area (Å²) in [5.41, 5.74) is 0. The molecule has 71 heavy (non-hydrogen) atoms. The van der Waals surface area contributed by atoms with E-state index in [1.165, 1.54) is 96.3 Å². The smallest absolute Gasteiger partial charge is 0.306 e. The van der Waals surface area contributed by atoms with Crippen molar-refractivity contribution in [1.82, 2.24) is 0 Å². The lowest BCUT2D eigenvalue weighted by atomic mass is 10.0. The molecule has 0 aliphatic heterocycles. The summed E-state index contributed by atoms with van der Waals surface area (Å²) < 4.78 is 16.8. The van der Waals surface area contributed by atoms with Crippen molar-refractivity contribution in [3.63, 3.8) is 0 Å². The van der Waals surface area contributed by atoms with E-state index in [0.717, 1.165) is 128 Å².